The quantitative estimate of drug-likeness (QED) is 0.465. The van der Waals surface area contributed by atoms with Crippen LogP contribution in [0.15, 0.2) is 34.8 Å². The summed E-state index contributed by atoms with van der Waals surface area (Å²) >= 11 is 3.27. The van der Waals surface area contributed by atoms with Gasteiger partial charge in [-0.3, -0.25) is 4.79 Å². The summed E-state index contributed by atoms with van der Waals surface area (Å²) in [5, 5.41) is 12.7. The molecule has 0 bridgehead atoms. The van der Waals surface area contributed by atoms with Crippen molar-refractivity contribution in [2.24, 2.45) is 5.73 Å². The summed E-state index contributed by atoms with van der Waals surface area (Å²) in [4.78, 5) is 16.0. The highest BCUT2D eigenvalue weighted by Crippen LogP contribution is 2.29. The maximum Gasteiger partial charge on any atom is 0.217 e. The number of amides is 1. The Morgan fingerprint density at radius 2 is 2.16 bits per heavy atom. The Balaban J connectivity index is 1.44. The van der Waals surface area contributed by atoms with Gasteiger partial charge in [-0.15, -0.1) is 21.5 Å². The largest absolute Gasteiger partial charge is 0.376 e. The lowest BCUT2D eigenvalue weighted by Crippen LogP contribution is -2.19. The molecule has 164 valence electrons. The third-order valence-electron chi connectivity index (χ3n) is 5.31. The molecule has 3 heterocycles. The number of nitrogens with zero attached hydrogens (tertiary/aromatic N) is 4. The first-order chi connectivity index (χ1) is 15.1. The maximum absolute atomic E-state index is 11.2. The molecule has 1 aliphatic rings. The number of aryl methyl sites for hydroxylation is 2. The Bertz CT molecular complexity index is 1010. The molecule has 2 N–H and O–H groups in total. The van der Waals surface area contributed by atoms with Crippen molar-refractivity contribution in [2.45, 2.75) is 62.6 Å². The fourth-order valence-electron chi connectivity index (χ4n) is 3.55. The molecule has 1 unspecified atom stereocenters. The zero-order valence-electron chi connectivity index (χ0n) is 17.6. The Morgan fingerprint density at radius 3 is 2.87 bits per heavy atom. The molecule has 1 aliphatic heterocycles. The minimum atomic E-state index is -0.331. The zero-order valence-corrected chi connectivity index (χ0v) is 19.3. The summed E-state index contributed by atoms with van der Waals surface area (Å²) in [7, 11) is 0. The van der Waals surface area contributed by atoms with Gasteiger partial charge in [-0.1, -0.05) is 43.0 Å². The fraction of sp³-hybridized carbons (Fsp3) is 0.455. The van der Waals surface area contributed by atoms with Gasteiger partial charge in [-0.05, 0) is 24.8 Å². The van der Waals surface area contributed by atoms with Crippen LogP contribution in [0.3, 0.4) is 0 Å². The SMILES string of the molecule is CCc1ccc(-c2nc(CSc3nnc(CCC(N)=O)n3CC3CCCO3)cs2)cc1. The normalized spacial score (nSPS) is 16.1. The fourth-order valence-corrected chi connectivity index (χ4v) is 5.34. The smallest absolute Gasteiger partial charge is 0.217 e. The van der Waals surface area contributed by atoms with Crippen molar-refractivity contribution in [1.82, 2.24) is 19.7 Å². The molecule has 9 heteroatoms. The van der Waals surface area contributed by atoms with E-state index in [2.05, 4.69) is 51.3 Å². The number of carbonyl (C=O) groups excluding carboxylic acids is 1. The lowest BCUT2D eigenvalue weighted by atomic mass is 10.1. The highest BCUT2D eigenvalue weighted by atomic mass is 32.2. The second-order valence-corrected chi connectivity index (χ2v) is 9.39. The maximum atomic E-state index is 11.2. The number of hydrogen-bond acceptors (Lipinski definition) is 7. The van der Waals surface area contributed by atoms with Gasteiger partial charge in [-0.25, -0.2) is 4.98 Å². The third kappa shape index (κ3) is 5.72. The van der Waals surface area contributed by atoms with Crippen LogP contribution in [0, 0.1) is 0 Å². The molecule has 0 radical (unpaired) electrons. The van der Waals surface area contributed by atoms with Crippen molar-refractivity contribution in [3.05, 3.63) is 46.7 Å². The minimum absolute atomic E-state index is 0.166. The van der Waals surface area contributed by atoms with Crippen molar-refractivity contribution in [2.75, 3.05) is 6.61 Å². The number of primary amides is 1. The number of thioether (sulfide) groups is 1. The zero-order chi connectivity index (χ0) is 21.6. The summed E-state index contributed by atoms with van der Waals surface area (Å²) in [5.41, 5.74) is 8.83. The van der Waals surface area contributed by atoms with Gasteiger partial charge in [-0.2, -0.15) is 0 Å². The summed E-state index contributed by atoms with van der Waals surface area (Å²) in [6.45, 7) is 3.66. The van der Waals surface area contributed by atoms with Crippen LogP contribution in [-0.4, -0.2) is 38.4 Å². The Morgan fingerprint density at radius 1 is 1.32 bits per heavy atom. The van der Waals surface area contributed by atoms with Gasteiger partial charge in [0, 0.05) is 36.1 Å². The van der Waals surface area contributed by atoms with Crippen molar-refractivity contribution in [1.29, 1.82) is 0 Å². The predicted molar refractivity (Wildman–Crippen MR) is 123 cm³/mol. The van der Waals surface area contributed by atoms with E-state index in [4.69, 9.17) is 15.5 Å². The summed E-state index contributed by atoms with van der Waals surface area (Å²) < 4.78 is 7.89. The molecule has 1 saturated heterocycles. The number of nitrogens with two attached hydrogens (primary N) is 1. The molecule has 1 fully saturated rings. The van der Waals surface area contributed by atoms with Crippen molar-refractivity contribution < 1.29 is 9.53 Å². The van der Waals surface area contributed by atoms with Crippen LogP contribution in [-0.2, 0) is 34.7 Å². The monoisotopic (exact) mass is 457 g/mol. The van der Waals surface area contributed by atoms with E-state index in [0.717, 1.165) is 53.1 Å². The van der Waals surface area contributed by atoms with E-state index in [1.807, 2.05) is 0 Å². The van der Waals surface area contributed by atoms with Crippen LogP contribution >= 0.6 is 23.1 Å². The van der Waals surface area contributed by atoms with Gasteiger partial charge >= 0.3 is 0 Å². The first-order valence-corrected chi connectivity index (χ1v) is 12.5. The van der Waals surface area contributed by atoms with E-state index in [-0.39, 0.29) is 18.4 Å². The average Bonchev–Trinajstić information content (AvgIpc) is 3.53. The predicted octanol–water partition coefficient (Wildman–Crippen LogP) is 3.85. The van der Waals surface area contributed by atoms with Gasteiger partial charge in [0.05, 0.1) is 18.3 Å². The number of thiazole rings is 1. The molecule has 0 saturated carbocycles. The van der Waals surface area contributed by atoms with E-state index < -0.39 is 0 Å². The standard InChI is InChI=1S/C22H27N5O2S2/c1-2-15-5-7-16(8-6-15)21-24-17(13-30-21)14-31-22-26-25-20(10-9-19(23)28)27(22)12-18-4-3-11-29-18/h5-8,13,18H,2-4,9-12,14H2,1H3,(H2,23,28). The van der Waals surface area contributed by atoms with E-state index in [0.29, 0.717) is 18.7 Å². The molecule has 4 rings (SSSR count). The molecule has 7 nitrogen and oxygen atoms in total. The molecule has 1 atom stereocenters. The van der Waals surface area contributed by atoms with Gasteiger partial charge in [0.2, 0.25) is 5.91 Å². The first-order valence-electron chi connectivity index (χ1n) is 10.6. The third-order valence-corrected chi connectivity index (χ3v) is 7.25. The van der Waals surface area contributed by atoms with Crippen LogP contribution in [0.4, 0.5) is 0 Å². The average molecular weight is 458 g/mol. The van der Waals surface area contributed by atoms with Crippen molar-refractivity contribution in [3.63, 3.8) is 0 Å². The molecule has 2 aromatic heterocycles. The number of hydrogen-bond donors (Lipinski definition) is 1. The molecular formula is C22H27N5O2S2. The summed E-state index contributed by atoms with van der Waals surface area (Å²) in [5.74, 6) is 1.16. The molecule has 31 heavy (non-hydrogen) atoms. The van der Waals surface area contributed by atoms with E-state index in [1.165, 1.54) is 5.56 Å². The highest BCUT2D eigenvalue weighted by molar-refractivity contribution is 7.98. The molecule has 0 spiro atoms. The van der Waals surface area contributed by atoms with E-state index >= 15 is 0 Å². The molecular weight excluding hydrogens is 430 g/mol. The van der Waals surface area contributed by atoms with Gasteiger partial charge in [0.25, 0.3) is 0 Å². The summed E-state index contributed by atoms with van der Waals surface area (Å²) in [6.07, 6.45) is 4.06. The van der Waals surface area contributed by atoms with Crippen molar-refractivity contribution >= 4 is 29.0 Å². The highest BCUT2D eigenvalue weighted by Gasteiger charge is 2.21. The molecule has 1 amide bonds. The van der Waals surface area contributed by atoms with Crippen LogP contribution in [0.1, 0.15) is 43.3 Å². The number of aromatic nitrogens is 4. The minimum Gasteiger partial charge on any atom is -0.376 e. The van der Waals surface area contributed by atoms with Crippen LogP contribution < -0.4 is 5.73 Å². The summed E-state index contributed by atoms with van der Waals surface area (Å²) in [6, 6.07) is 8.59. The lowest BCUT2D eigenvalue weighted by Gasteiger charge is -2.14. The Hall–Kier alpha value is -2.23. The Kier molecular flexibility index (Phi) is 7.37. The van der Waals surface area contributed by atoms with Gasteiger partial charge in [0.1, 0.15) is 10.8 Å². The van der Waals surface area contributed by atoms with E-state index in [1.54, 1.807) is 23.1 Å². The second-order valence-electron chi connectivity index (χ2n) is 7.59. The van der Waals surface area contributed by atoms with Gasteiger partial charge < -0.3 is 15.0 Å². The van der Waals surface area contributed by atoms with E-state index in [9.17, 15) is 4.79 Å². The number of rotatable bonds is 10. The lowest BCUT2D eigenvalue weighted by molar-refractivity contribution is -0.118. The molecule has 3 aromatic rings. The molecule has 0 aliphatic carbocycles. The number of carbonyl (C=O) groups is 1. The van der Waals surface area contributed by atoms with Gasteiger partial charge in [0.15, 0.2) is 5.16 Å². The first kappa shape index (κ1) is 22.0. The van der Waals surface area contributed by atoms with Crippen LogP contribution in [0.25, 0.3) is 10.6 Å². The second kappa shape index (κ2) is 10.4. The number of ether oxygens (including phenoxy) is 1. The van der Waals surface area contributed by atoms with Crippen LogP contribution in [0.2, 0.25) is 0 Å². The Labute approximate surface area is 190 Å². The van der Waals surface area contributed by atoms with Crippen LogP contribution in [0.5, 0.6) is 0 Å². The number of benzene rings is 1. The topological polar surface area (TPSA) is 95.9 Å². The van der Waals surface area contributed by atoms with Crippen molar-refractivity contribution in [3.8, 4) is 10.6 Å². The molecule has 1 aromatic carbocycles.